The summed E-state index contributed by atoms with van der Waals surface area (Å²) in [6, 6.07) is 9.75. The van der Waals surface area contributed by atoms with Crippen LogP contribution in [0.15, 0.2) is 46.0 Å². The summed E-state index contributed by atoms with van der Waals surface area (Å²) < 4.78 is 25.2. The molecule has 0 saturated heterocycles. The van der Waals surface area contributed by atoms with E-state index >= 15 is 0 Å². The van der Waals surface area contributed by atoms with Crippen molar-refractivity contribution >= 4 is 39.5 Å². The molecule has 0 radical (unpaired) electrons. The van der Waals surface area contributed by atoms with Crippen LogP contribution in [0.5, 0.6) is 11.5 Å². The molecule has 3 N–H and O–H groups in total. The minimum atomic E-state index is -0.283. The number of hydrogen-bond donors (Lipinski definition) is 2. The van der Waals surface area contributed by atoms with Gasteiger partial charge in [-0.05, 0) is 70.5 Å². The molecule has 0 amide bonds. The molecule has 0 fully saturated rings. The molecule has 0 aliphatic rings. The van der Waals surface area contributed by atoms with E-state index in [2.05, 4.69) is 38.7 Å². The predicted molar refractivity (Wildman–Crippen MR) is 104 cm³/mol. The van der Waals surface area contributed by atoms with Gasteiger partial charge in [-0.25, -0.2) is 4.39 Å². The molecule has 0 saturated carbocycles. The standard InChI is InChI=1S/C17H17BrFN3O2S/c1-2-23-15-8-12(9-21-22-17(20)25)7-14(18)16(15)24-10-11-3-5-13(19)6-4-11/h3-9H,2,10H2,1H3,(H3,20,22,25)/b21-9-. The normalized spacial score (nSPS) is 10.7. The second-order valence-electron chi connectivity index (χ2n) is 4.91. The van der Waals surface area contributed by atoms with Gasteiger partial charge < -0.3 is 15.2 Å². The van der Waals surface area contributed by atoms with E-state index in [1.165, 1.54) is 12.1 Å². The molecule has 0 unspecified atom stereocenters. The average molecular weight is 426 g/mol. The van der Waals surface area contributed by atoms with Crippen LogP contribution in [0.3, 0.4) is 0 Å². The SMILES string of the molecule is CCOc1cc(/C=N\NC(N)=S)cc(Br)c1OCc1ccc(F)cc1. The minimum Gasteiger partial charge on any atom is -0.490 e. The summed E-state index contributed by atoms with van der Waals surface area (Å²) >= 11 is 8.17. The van der Waals surface area contributed by atoms with Gasteiger partial charge in [0.1, 0.15) is 12.4 Å². The van der Waals surface area contributed by atoms with Crippen molar-refractivity contribution in [1.82, 2.24) is 5.43 Å². The van der Waals surface area contributed by atoms with Gasteiger partial charge in [-0.3, -0.25) is 5.43 Å². The van der Waals surface area contributed by atoms with Gasteiger partial charge in [0, 0.05) is 0 Å². The summed E-state index contributed by atoms with van der Waals surface area (Å²) in [6.45, 7) is 2.65. The van der Waals surface area contributed by atoms with Gasteiger partial charge in [0.15, 0.2) is 16.6 Å². The van der Waals surface area contributed by atoms with Crippen LogP contribution in [0.4, 0.5) is 4.39 Å². The van der Waals surface area contributed by atoms with E-state index in [1.54, 1.807) is 24.4 Å². The van der Waals surface area contributed by atoms with Crippen molar-refractivity contribution in [2.24, 2.45) is 10.8 Å². The molecule has 0 aliphatic carbocycles. The van der Waals surface area contributed by atoms with E-state index in [0.29, 0.717) is 22.6 Å². The first-order chi connectivity index (χ1) is 12.0. The highest BCUT2D eigenvalue weighted by Gasteiger charge is 2.12. The summed E-state index contributed by atoms with van der Waals surface area (Å²) in [5.74, 6) is 0.843. The molecule has 132 valence electrons. The zero-order chi connectivity index (χ0) is 18.2. The molecule has 0 atom stereocenters. The number of thiocarbonyl (C=S) groups is 1. The third-order valence-electron chi connectivity index (χ3n) is 3.02. The van der Waals surface area contributed by atoms with Gasteiger partial charge in [-0.15, -0.1) is 0 Å². The zero-order valence-electron chi connectivity index (χ0n) is 13.5. The van der Waals surface area contributed by atoms with Crippen molar-refractivity contribution in [3.8, 4) is 11.5 Å². The van der Waals surface area contributed by atoms with Crippen molar-refractivity contribution < 1.29 is 13.9 Å². The summed E-state index contributed by atoms with van der Waals surface area (Å²) in [7, 11) is 0. The topological polar surface area (TPSA) is 68.9 Å². The molecule has 2 aromatic rings. The van der Waals surface area contributed by atoms with Crippen LogP contribution in [-0.4, -0.2) is 17.9 Å². The monoisotopic (exact) mass is 425 g/mol. The molecule has 0 heterocycles. The Hall–Kier alpha value is -2.19. The van der Waals surface area contributed by atoms with Crippen molar-refractivity contribution in [1.29, 1.82) is 0 Å². The molecule has 8 heteroatoms. The molecule has 5 nitrogen and oxygen atoms in total. The van der Waals surface area contributed by atoms with Gasteiger partial charge in [0.2, 0.25) is 0 Å². The van der Waals surface area contributed by atoms with Crippen LogP contribution in [-0.2, 0) is 6.61 Å². The molecule has 2 aromatic carbocycles. The number of ether oxygens (including phenoxy) is 2. The van der Waals surface area contributed by atoms with E-state index < -0.39 is 0 Å². The van der Waals surface area contributed by atoms with Crippen LogP contribution in [0.2, 0.25) is 0 Å². The predicted octanol–water partition coefficient (Wildman–Crippen LogP) is 3.73. The van der Waals surface area contributed by atoms with Gasteiger partial charge in [0.25, 0.3) is 0 Å². The number of nitrogens with one attached hydrogen (secondary N) is 1. The highest BCUT2D eigenvalue weighted by Crippen LogP contribution is 2.37. The fourth-order valence-corrected chi connectivity index (χ4v) is 2.60. The summed E-state index contributed by atoms with van der Waals surface area (Å²) in [5, 5.41) is 4.00. The number of nitrogens with zero attached hydrogens (tertiary/aromatic N) is 1. The highest BCUT2D eigenvalue weighted by molar-refractivity contribution is 9.10. The third kappa shape index (κ3) is 5.99. The molecule has 0 bridgehead atoms. The Bertz CT molecular complexity index is 769. The molecular formula is C17H17BrFN3O2S. The molecular weight excluding hydrogens is 409 g/mol. The maximum atomic E-state index is 13.0. The zero-order valence-corrected chi connectivity index (χ0v) is 15.9. The Kier molecular flexibility index (Phi) is 7.15. The Morgan fingerprint density at radius 1 is 1.32 bits per heavy atom. The lowest BCUT2D eigenvalue weighted by Crippen LogP contribution is -2.23. The second-order valence-corrected chi connectivity index (χ2v) is 6.21. The minimum absolute atomic E-state index is 0.0830. The van der Waals surface area contributed by atoms with Crippen LogP contribution < -0.4 is 20.6 Å². The lowest BCUT2D eigenvalue weighted by atomic mass is 10.2. The fraction of sp³-hybridized carbons (Fsp3) is 0.176. The van der Waals surface area contributed by atoms with Crippen LogP contribution in [0.1, 0.15) is 18.1 Å². The Balaban J connectivity index is 2.19. The second kappa shape index (κ2) is 9.33. The number of hydrogen-bond acceptors (Lipinski definition) is 4. The fourth-order valence-electron chi connectivity index (χ4n) is 1.97. The van der Waals surface area contributed by atoms with E-state index in [9.17, 15) is 4.39 Å². The molecule has 25 heavy (non-hydrogen) atoms. The number of rotatable bonds is 7. The number of nitrogens with two attached hydrogens (primary N) is 1. The third-order valence-corrected chi connectivity index (χ3v) is 3.70. The van der Waals surface area contributed by atoms with Crippen LogP contribution >= 0.6 is 28.1 Å². The molecule has 0 aliphatic heterocycles. The van der Waals surface area contributed by atoms with Crippen molar-refractivity contribution in [2.75, 3.05) is 6.61 Å². The van der Waals surface area contributed by atoms with Crippen molar-refractivity contribution in [2.45, 2.75) is 13.5 Å². The van der Waals surface area contributed by atoms with Crippen molar-refractivity contribution in [3.05, 3.63) is 57.8 Å². The smallest absolute Gasteiger partial charge is 0.184 e. The van der Waals surface area contributed by atoms with Gasteiger partial charge in [-0.2, -0.15) is 5.10 Å². The average Bonchev–Trinajstić information content (AvgIpc) is 2.55. The largest absolute Gasteiger partial charge is 0.490 e. The van der Waals surface area contributed by atoms with Gasteiger partial charge in [-0.1, -0.05) is 12.1 Å². The number of benzene rings is 2. The van der Waals surface area contributed by atoms with Crippen LogP contribution in [0.25, 0.3) is 0 Å². The first-order valence-electron chi connectivity index (χ1n) is 7.41. The first-order valence-corrected chi connectivity index (χ1v) is 8.61. The lowest BCUT2D eigenvalue weighted by Gasteiger charge is -2.14. The molecule has 0 spiro atoms. The lowest BCUT2D eigenvalue weighted by molar-refractivity contribution is 0.267. The quantitative estimate of drug-likeness (QED) is 0.401. The first kappa shape index (κ1) is 19.1. The molecule has 2 rings (SSSR count). The summed E-state index contributed by atoms with van der Waals surface area (Å²) in [6.07, 6.45) is 1.57. The highest BCUT2D eigenvalue weighted by atomic mass is 79.9. The van der Waals surface area contributed by atoms with E-state index in [-0.39, 0.29) is 17.5 Å². The maximum absolute atomic E-state index is 13.0. The van der Waals surface area contributed by atoms with Gasteiger partial charge in [0.05, 0.1) is 17.3 Å². The van der Waals surface area contributed by atoms with Gasteiger partial charge >= 0.3 is 0 Å². The Morgan fingerprint density at radius 2 is 2.04 bits per heavy atom. The molecule has 0 aromatic heterocycles. The van der Waals surface area contributed by atoms with E-state index in [0.717, 1.165) is 11.1 Å². The van der Waals surface area contributed by atoms with E-state index in [1.807, 2.05) is 13.0 Å². The van der Waals surface area contributed by atoms with Crippen LogP contribution in [0, 0.1) is 5.82 Å². The van der Waals surface area contributed by atoms with Crippen molar-refractivity contribution in [3.63, 3.8) is 0 Å². The van der Waals surface area contributed by atoms with E-state index in [4.69, 9.17) is 15.2 Å². The summed E-state index contributed by atoms with van der Waals surface area (Å²) in [4.78, 5) is 0. The number of halogens is 2. The number of hydrazone groups is 1. The summed E-state index contributed by atoms with van der Waals surface area (Å²) in [5.41, 5.74) is 9.43. The Morgan fingerprint density at radius 3 is 2.68 bits per heavy atom. The Labute approximate surface area is 159 Å². The maximum Gasteiger partial charge on any atom is 0.184 e.